The lowest BCUT2D eigenvalue weighted by Gasteiger charge is -2.13. The molecule has 2 saturated heterocycles. The molecule has 1 aliphatic carbocycles. The van der Waals surface area contributed by atoms with Crippen molar-refractivity contribution in [2.75, 3.05) is 31.5 Å². The lowest BCUT2D eigenvalue weighted by atomic mass is 10.2. The summed E-state index contributed by atoms with van der Waals surface area (Å²) in [6.07, 6.45) is 10.0. The Kier molecular flexibility index (Phi) is 6.81. The number of thiophene rings is 1. The van der Waals surface area contributed by atoms with Gasteiger partial charge in [0.05, 0.1) is 21.6 Å². The molecule has 0 atom stereocenters. The minimum absolute atomic E-state index is 0.0717. The molecule has 2 aliphatic heterocycles. The molecule has 0 spiro atoms. The van der Waals surface area contributed by atoms with Crippen LogP contribution in [0.5, 0.6) is 0 Å². The van der Waals surface area contributed by atoms with Crippen LogP contribution in [0.25, 0.3) is 22.3 Å². The molecule has 3 aromatic heterocycles. The van der Waals surface area contributed by atoms with E-state index in [2.05, 4.69) is 31.3 Å². The van der Waals surface area contributed by atoms with E-state index in [1.165, 1.54) is 37.3 Å². The van der Waals surface area contributed by atoms with Gasteiger partial charge in [-0.25, -0.2) is 9.78 Å². The highest BCUT2D eigenvalue weighted by Gasteiger charge is 2.26. The van der Waals surface area contributed by atoms with Gasteiger partial charge in [-0.15, -0.1) is 11.3 Å². The van der Waals surface area contributed by atoms with Crippen LogP contribution in [0.1, 0.15) is 53.8 Å². The molecular formula is C26H30N8O3S. The van der Waals surface area contributed by atoms with E-state index in [0.717, 1.165) is 42.9 Å². The number of anilines is 1. The van der Waals surface area contributed by atoms with Crippen molar-refractivity contribution in [3.05, 3.63) is 40.5 Å². The number of hydrogen-bond donors (Lipinski definition) is 4. The fourth-order valence-electron chi connectivity index (χ4n) is 4.74. The molecule has 1 saturated carbocycles. The maximum absolute atomic E-state index is 12.8. The van der Waals surface area contributed by atoms with Gasteiger partial charge in [0, 0.05) is 24.2 Å². The number of rotatable bonds is 10. The van der Waals surface area contributed by atoms with E-state index in [0.29, 0.717) is 34.4 Å². The number of hydrogen-bond acceptors (Lipinski definition) is 8. The van der Waals surface area contributed by atoms with E-state index >= 15 is 0 Å². The van der Waals surface area contributed by atoms with Crippen molar-refractivity contribution in [1.82, 2.24) is 35.4 Å². The average Bonchev–Trinajstić information content (AvgIpc) is 3.32. The summed E-state index contributed by atoms with van der Waals surface area (Å²) in [5, 5.41) is 15.7. The van der Waals surface area contributed by atoms with Gasteiger partial charge in [-0.05, 0) is 76.4 Å². The highest BCUT2D eigenvalue weighted by atomic mass is 32.1. The summed E-state index contributed by atoms with van der Waals surface area (Å²) in [4.78, 5) is 45.1. The van der Waals surface area contributed by atoms with Crippen LogP contribution >= 0.6 is 11.3 Å². The fourth-order valence-corrected chi connectivity index (χ4v) is 5.62. The number of nitrogens with one attached hydrogen (secondary N) is 4. The smallest absolute Gasteiger partial charge is 0.326 e. The first kappa shape index (κ1) is 24.6. The first-order valence-electron chi connectivity index (χ1n) is 13.1. The molecule has 12 heteroatoms. The van der Waals surface area contributed by atoms with Gasteiger partial charge in [0.15, 0.2) is 5.65 Å². The molecular weight excluding hydrogens is 504 g/mol. The Hall–Kier alpha value is -3.77. The zero-order chi connectivity index (χ0) is 26.1. The zero-order valence-electron chi connectivity index (χ0n) is 21.0. The van der Waals surface area contributed by atoms with Gasteiger partial charge in [0.1, 0.15) is 11.5 Å². The SMILES string of the molecule is O=C1NC(=O)/C(=C/c2cnn3c(NC4CC4)cc(-c4ccc(C(=O)NCCCCN5CCCC5)s4)nc23)N1. The largest absolute Gasteiger partial charge is 0.367 e. The van der Waals surface area contributed by atoms with Gasteiger partial charge in [0.2, 0.25) is 0 Å². The summed E-state index contributed by atoms with van der Waals surface area (Å²) in [5.41, 5.74) is 1.99. The molecule has 5 heterocycles. The van der Waals surface area contributed by atoms with E-state index in [-0.39, 0.29) is 11.6 Å². The molecule has 3 aromatic rings. The number of amides is 4. The van der Waals surface area contributed by atoms with Crippen LogP contribution in [0, 0.1) is 0 Å². The normalized spacial score (nSPS) is 18.8. The molecule has 198 valence electrons. The first-order valence-corrected chi connectivity index (χ1v) is 14.0. The molecule has 38 heavy (non-hydrogen) atoms. The van der Waals surface area contributed by atoms with E-state index in [1.807, 2.05) is 18.2 Å². The Morgan fingerprint density at radius 2 is 2.00 bits per heavy atom. The Balaban J connectivity index is 1.19. The van der Waals surface area contributed by atoms with Crippen LogP contribution in [0.4, 0.5) is 10.6 Å². The van der Waals surface area contributed by atoms with Crippen LogP contribution in [0.2, 0.25) is 0 Å². The molecule has 4 N–H and O–H groups in total. The second kappa shape index (κ2) is 10.5. The number of urea groups is 1. The van der Waals surface area contributed by atoms with Crippen LogP contribution in [-0.4, -0.2) is 69.6 Å². The third-order valence-corrected chi connectivity index (χ3v) is 8.02. The van der Waals surface area contributed by atoms with Crippen molar-refractivity contribution in [2.24, 2.45) is 0 Å². The number of imide groups is 1. The van der Waals surface area contributed by atoms with Crippen molar-refractivity contribution >= 4 is 46.7 Å². The van der Waals surface area contributed by atoms with E-state index < -0.39 is 11.9 Å². The standard InChI is InChI=1S/C26H30N8O3S/c35-24-19(31-26(37)32-24)13-16-15-28-34-22(29-17-5-6-17)14-18(30-23(16)34)20-7-8-21(38-20)25(36)27-9-1-2-10-33-11-3-4-12-33/h7-8,13-15,17,29H,1-6,9-12H2,(H,27,36)(H2,31,32,35,37)/b19-13-. The number of likely N-dealkylation sites (tertiary alicyclic amines) is 1. The van der Waals surface area contributed by atoms with E-state index in [9.17, 15) is 14.4 Å². The van der Waals surface area contributed by atoms with Gasteiger partial charge >= 0.3 is 6.03 Å². The Morgan fingerprint density at radius 1 is 1.16 bits per heavy atom. The van der Waals surface area contributed by atoms with Crippen LogP contribution < -0.4 is 21.3 Å². The first-order chi connectivity index (χ1) is 18.5. The summed E-state index contributed by atoms with van der Waals surface area (Å²) in [6.45, 7) is 4.17. The Morgan fingerprint density at radius 3 is 2.76 bits per heavy atom. The lowest BCUT2D eigenvalue weighted by molar-refractivity contribution is -0.115. The maximum atomic E-state index is 12.8. The maximum Gasteiger partial charge on any atom is 0.326 e. The van der Waals surface area contributed by atoms with Gasteiger partial charge in [0.25, 0.3) is 11.8 Å². The lowest BCUT2D eigenvalue weighted by Crippen LogP contribution is -2.25. The topological polar surface area (TPSA) is 133 Å². The number of fused-ring (bicyclic) bond motifs is 1. The third kappa shape index (κ3) is 5.41. The second-order valence-electron chi connectivity index (χ2n) is 9.92. The van der Waals surface area contributed by atoms with E-state index in [1.54, 1.807) is 16.8 Å². The Bertz CT molecular complexity index is 1420. The molecule has 0 bridgehead atoms. The molecule has 0 aromatic carbocycles. The highest BCUT2D eigenvalue weighted by Crippen LogP contribution is 2.32. The molecule has 0 unspecified atom stereocenters. The number of aromatic nitrogens is 3. The molecule has 3 fully saturated rings. The number of carbonyl (C=O) groups excluding carboxylic acids is 3. The van der Waals surface area contributed by atoms with Crippen molar-refractivity contribution in [3.8, 4) is 10.6 Å². The predicted octanol–water partition coefficient (Wildman–Crippen LogP) is 2.82. The molecule has 3 aliphatic rings. The van der Waals surface area contributed by atoms with E-state index in [4.69, 9.17) is 4.98 Å². The molecule has 11 nitrogen and oxygen atoms in total. The van der Waals surface area contributed by atoms with Crippen molar-refractivity contribution in [1.29, 1.82) is 0 Å². The van der Waals surface area contributed by atoms with Gasteiger partial charge < -0.3 is 20.9 Å². The van der Waals surface area contributed by atoms with Gasteiger partial charge in [-0.1, -0.05) is 0 Å². The van der Waals surface area contributed by atoms with Gasteiger partial charge in [-0.2, -0.15) is 9.61 Å². The fraction of sp³-hybridized carbons (Fsp3) is 0.423. The number of unbranched alkanes of at least 4 members (excludes halogenated alkanes) is 1. The second-order valence-corrected chi connectivity index (χ2v) is 11.0. The molecule has 4 amide bonds. The van der Waals surface area contributed by atoms with Crippen LogP contribution in [0.3, 0.4) is 0 Å². The minimum atomic E-state index is -0.557. The van der Waals surface area contributed by atoms with Gasteiger partial charge in [-0.3, -0.25) is 14.9 Å². The van der Waals surface area contributed by atoms with Crippen molar-refractivity contribution in [3.63, 3.8) is 0 Å². The molecule has 0 radical (unpaired) electrons. The van der Waals surface area contributed by atoms with Crippen LogP contribution in [-0.2, 0) is 4.79 Å². The summed E-state index contributed by atoms with van der Waals surface area (Å²) in [7, 11) is 0. The molecule has 6 rings (SSSR count). The Labute approximate surface area is 223 Å². The van der Waals surface area contributed by atoms with Crippen molar-refractivity contribution in [2.45, 2.75) is 44.6 Å². The number of carbonyl (C=O) groups is 3. The summed E-state index contributed by atoms with van der Waals surface area (Å²) in [5.74, 6) is 0.221. The summed E-state index contributed by atoms with van der Waals surface area (Å²) < 4.78 is 1.70. The summed E-state index contributed by atoms with van der Waals surface area (Å²) in [6, 6.07) is 5.50. The third-order valence-electron chi connectivity index (χ3n) is 6.92. The summed E-state index contributed by atoms with van der Waals surface area (Å²) >= 11 is 1.40. The monoisotopic (exact) mass is 534 g/mol. The zero-order valence-corrected chi connectivity index (χ0v) is 21.8. The predicted molar refractivity (Wildman–Crippen MR) is 145 cm³/mol. The highest BCUT2D eigenvalue weighted by molar-refractivity contribution is 7.17. The van der Waals surface area contributed by atoms with Crippen molar-refractivity contribution < 1.29 is 14.4 Å². The quantitative estimate of drug-likeness (QED) is 0.179. The average molecular weight is 535 g/mol. The number of nitrogens with zero attached hydrogens (tertiary/aromatic N) is 4. The van der Waals surface area contributed by atoms with Crippen LogP contribution in [0.15, 0.2) is 30.1 Å². The minimum Gasteiger partial charge on any atom is -0.367 e.